The van der Waals surface area contributed by atoms with E-state index in [4.69, 9.17) is 0 Å². The quantitative estimate of drug-likeness (QED) is 0.830. The maximum absolute atomic E-state index is 10.4. The molecule has 2 rings (SSSR count). The number of aliphatic hydroxyl groups is 1. The van der Waals surface area contributed by atoms with Crippen LogP contribution in [0.25, 0.3) is 0 Å². The summed E-state index contributed by atoms with van der Waals surface area (Å²) in [7, 11) is 0. The van der Waals surface area contributed by atoms with Gasteiger partial charge in [-0.15, -0.1) is 0 Å². The third-order valence-corrected chi connectivity index (χ3v) is 3.31. The molecule has 1 heteroatoms. The second-order valence-electron chi connectivity index (χ2n) is 4.87. The Morgan fingerprint density at radius 1 is 1.18 bits per heavy atom. The van der Waals surface area contributed by atoms with E-state index in [-0.39, 0.29) is 0 Å². The van der Waals surface area contributed by atoms with Gasteiger partial charge in [0.2, 0.25) is 0 Å². The van der Waals surface area contributed by atoms with Crippen molar-refractivity contribution in [2.75, 3.05) is 0 Å². The van der Waals surface area contributed by atoms with Crippen LogP contribution in [0.15, 0.2) is 54.1 Å². The molecule has 0 radical (unpaired) electrons. The van der Waals surface area contributed by atoms with Crippen LogP contribution in [0, 0.1) is 0 Å². The Hall–Kier alpha value is -1.34. The molecule has 1 N–H and O–H groups in total. The van der Waals surface area contributed by atoms with Crippen LogP contribution in [0.2, 0.25) is 0 Å². The van der Waals surface area contributed by atoms with Gasteiger partial charge in [0, 0.05) is 0 Å². The number of benzene rings is 1. The Balaban J connectivity index is 2.11. The molecule has 0 aliphatic heterocycles. The molecule has 0 aromatic heterocycles. The second kappa shape index (κ2) is 5.33. The number of allylic oxidation sites excluding steroid dienone is 3. The first-order chi connectivity index (χ1) is 8.18. The first kappa shape index (κ1) is 12.1. The molecule has 1 aromatic rings. The van der Waals surface area contributed by atoms with Gasteiger partial charge in [-0.3, -0.25) is 0 Å². The van der Waals surface area contributed by atoms with Gasteiger partial charge in [-0.2, -0.15) is 0 Å². The molecule has 1 aromatic carbocycles. The summed E-state index contributed by atoms with van der Waals surface area (Å²) in [5, 5.41) is 10.4. The number of hydrogen-bond acceptors (Lipinski definition) is 1. The summed E-state index contributed by atoms with van der Waals surface area (Å²) in [6.45, 7) is 1.84. The van der Waals surface area contributed by atoms with Gasteiger partial charge >= 0.3 is 0 Å². The summed E-state index contributed by atoms with van der Waals surface area (Å²) >= 11 is 0. The molecule has 0 saturated heterocycles. The van der Waals surface area contributed by atoms with E-state index in [9.17, 15) is 5.11 Å². The highest BCUT2D eigenvalue weighted by Crippen LogP contribution is 2.24. The topological polar surface area (TPSA) is 20.2 Å². The number of hydrogen-bond donors (Lipinski definition) is 1. The van der Waals surface area contributed by atoms with Gasteiger partial charge in [0.1, 0.15) is 5.60 Å². The third kappa shape index (κ3) is 3.31. The predicted octanol–water partition coefficient (Wildman–Crippen LogP) is 3.95. The maximum Gasteiger partial charge on any atom is 0.105 e. The van der Waals surface area contributed by atoms with E-state index in [0.717, 1.165) is 12.0 Å². The molecule has 17 heavy (non-hydrogen) atoms. The van der Waals surface area contributed by atoms with Crippen molar-refractivity contribution in [2.45, 2.75) is 38.2 Å². The van der Waals surface area contributed by atoms with Crippen molar-refractivity contribution in [1.82, 2.24) is 0 Å². The van der Waals surface area contributed by atoms with Crippen LogP contribution in [0.1, 0.15) is 38.2 Å². The fourth-order valence-electron chi connectivity index (χ4n) is 2.16. The molecule has 0 unspecified atom stereocenters. The molecule has 1 aliphatic rings. The van der Waals surface area contributed by atoms with E-state index in [1.807, 2.05) is 43.3 Å². The zero-order valence-electron chi connectivity index (χ0n) is 10.4. The fraction of sp³-hybridized carbons (Fsp3) is 0.375. The summed E-state index contributed by atoms with van der Waals surface area (Å²) in [6, 6.07) is 9.79. The van der Waals surface area contributed by atoms with Crippen LogP contribution >= 0.6 is 0 Å². The molecule has 0 bridgehead atoms. The van der Waals surface area contributed by atoms with Gasteiger partial charge in [0.15, 0.2) is 0 Å². The van der Waals surface area contributed by atoms with Gasteiger partial charge in [-0.05, 0) is 44.2 Å². The summed E-state index contributed by atoms with van der Waals surface area (Å²) in [6.07, 6.45) is 11.1. The maximum atomic E-state index is 10.4. The first-order valence-electron chi connectivity index (χ1n) is 6.35. The average Bonchev–Trinajstić information content (AvgIpc) is 2.39. The predicted molar refractivity (Wildman–Crippen MR) is 71.7 cm³/mol. The molecule has 0 saturated carbocycles. The van der Waals surface area contributed by atoms with E-state index in [1.165, 1.54) is 24.8 Å². The summed E-state index contributed by atoms with van der Waals surface area (Å²) in [4.78, 5) is 0. The summed E-state index contributed by atoms with van der Waals surface area (Å²) in [5.41, 5.74) is 1.42. The van der Waals surface area contributed by atoms with Gasteiger partial charge in [-0.1, -0.05) is 48.1 Å². The van der Waals surface area contributed by atoms with E-state index >= 15 is 0 Å². The minimum absolute atomic E-state index is 0.875. The lowest BCUT2D eigenvalue weighted by molar-refractivity contribution is 0.111. The van der Waals surface area contributed by atoms with Gasteiger partial charge < -0.3 is 5.11 Å². The van der Waals surface area contributed by atoms with E-state index in [2.05, 4.69) is 12.2 Å². The van der Waals surface area contributed by atoms with Gasteiger partial charge in [-0.25, -0.2) is 0 Å². The highest BCUT2D eigenvalue weighted by Gasteiger charge is 2.18. The monoisotopic (exact) mass is 228 g/mol. The Labute approximate surface area is 103 Å². The zero-order valence-corrected chi connectivity index (χ0v) is 10.4. The fourth-order valence-corrected chi connectivity index (χ4v) is 2.16. The molecule has 0 amide bonds. The molecule has 0 fully saturated rings. The van der Waals surface area contributed by atoms with Gasteiger partial charge in [0.05, 0.1) is 0 Å². The Morgan fingerprint density at radius 2 is 1.94 bits per heavy atom. The van der Waals surface area contributed by atoms with Crippen LogP contribution in [-0.4, -0.2) is 5.11 Å². The average molecular weight is 228 g/mol. The molecule has 1 atom stereocenters. The molecular formula is C16H20O. The highest BCUT2D eigenvalue weighted by atomic mass is 16.3. The lowest BCUT2D eigenvalue weighted by Gasteiger charge is -2.20. The van der Waals surface area contributed by atoms with Crippen LogP contribution in [0.3, 0.4) is 0 Å². The molecule has 1 aliphatic carbocycles. The minimum atomic E-state index is -0.875. The number of rotatable bonds is 3. The van der Waals surface area contributed by atoms with E-state index in [1.54, 1.807) is 0 Å². The van der Waals surface area contributed by atoms with Crippen molar-refractivity contribution in [3.8, 4) is 0 Å². The third-order valence-electron chi connectivity index (χ3n) is 3.31. The second-order valence-corrected chi connectivity index (χ2v) is 4.87. The molecule has 90 valence electrons. The molecule has 0 spiro atoms. The normalized spacial score (nSPS) is 20.0. The minimum Gasteiger partial charge on any atom is -0.381 e. The smallest absolute Gasteiger partial charge is 0.105 e. The van der Waals surface area contributed by atoms with Crippen LogP contribution in [0.5, 0.6) is 0 Å². The van der Waals surface area contributed by atoms with Crippen LogP contribution in [-0.2, 0) is 5.60 Å². The van der Waals surface area contributed by atoms with Crippen LogP contribution in [0.4, 0.5) is 0 Å². The Bertz CT molecular complexity index is 412. The summed E-state index contributed by atoms with van der Waals surface area (Å²) in [5.74, 6) is 0. The van der Waals surface area contributed by atoms with Crippen molar-refractivity contribution in [3.05, 3.63) is 59.7 Å². The van der Waals surface area contributed by atoms with E-state index in [0.29, 0.717) is 0 Å². The van der Waals surface area contributed by atoms with Crippen molar-refractivity contribution >= 4 is 0 Å². The molecule has 0 heterocycles. The molecular weight excluding hydrogens is 208 g/mol. The summed E-state index contributed by atoms with van der Waals surface area (Å²) < 4.78 is 0. The van der Waals surface area contributed by atoms with Crippen molar-refractivity contribution in [1.29, 1.82) is 0 Å². The van der Waals surface area contributed by atoms with Gasteiger partial charge in [0.25, 0.3) is 0 Å². The largest absolute Gasteiger partial charge is 0.381 e. The van der Waals surface area contributed by atoms with Crippen molar-refractivity contribution in [2.24, 2.45) is 0 Å². The zero-order chi connectivity index (χ0) is 12.1. The standard InChI is InChI=1S/C16H20O/c1-16(17,15-10-6-3-7-11-15)13-12-14-8-4-2-5-9-14/h3,6-8,10-13,17H,2,4-5,9H2,1H3/b13-12+/t16-/m0/s1. The van der Waals surface area contributed by atoms with Crippen molar-refractivity contribution < 1.29 is 5.11 Å². The molecule has 1 nitrogen and oxygen atoms in total. The Morgan fingerprint density at radius 3 is 2.59 bits per heavy atom. The Kier molecular flexibility index (Phi) is 3.80. The van der Waals surface area contributed by atoms with Crippen LogP contribution < -0.4 is 0 Å². The SMILES string of the molecule is C[C@](O)(/C=C/C1=CCCCC1)c1ccccc1. The highest BCUT2D eigenvalue weighted by molar-refractivity contribution is 5.30. The van der Waals surface area contributed by atoms with Crippen molar-refractivity contribution in [3.63, 3.8) is 0 Å². The lowest BCUT2D eigenvalue weighted by atomic mass is 9.93. The van der Waals surface area contributed by atoms with E-state index < -0.39 is 5.60 Å². The first-order valence-corrected chi connectivity index (χ1v) is 6.35. The lowest BCUT2D eigenvalue weighted by Crippen LogP contribution is -2.17.